The van der Waals surface area contributed by atoms with Gasteiger partial charge in [0.15, 0.2) is 0 Å². The van der Waals surface area contributed by atoms with E-state index in [9.17, 15) is 5.26 Å². The molecule has 0 bridgehead atoms. The number of nitrogens with zero attached hydrogens (tertiary/aromatic N) is 2. The molecule has 1 heterocycles. The van der Waals surface area contributed by atoms with E-state index in [1.165, 1.54) is 5.56 Å². The van der Waals surface area contributed by atoms with Crippen molar-refractivity contribution in [2.24, 2.45) is 5.41 Å². The number of pyridine rings is 1. The Morgan fingerprint density at radius 1 is 1.45 bits per heavy atom. The van der Waals surface area contributed by atoms with E-state index >= 15 is 0 Å². The fourth-order valence-electron chi connectivity index (χ4n) is 3.36. The van der Waals surface area contributed by atoms with Gasteiger partial charge in [0.05, 0.1) is 11.7 Å². The minimum Gasteiger partial charge on any atom is -0.381 e. The van der Waals surface area contributed by atoms with Crippen LogP contribution in [0.3, 0.4) is 0 Å². The van der Waals surface area contributed by atoms with E-state index in [-0.39, 0.29) is 11.5 Å². The smallest absolute Gasteiger partial charge is 0.144 e. The van der Waals surface area contributed by atoms with Gasteiger partial charge in [-0.3, -0.25) is 0 Å². The molecule has 2 unspecified atom stereocenters. The molecule has 0 aromatic carbocycles. The third-order valence-electron chi connectivity index (χ3n) is 4.94. The van der Waals surface area contributed by atoms with Crippen molar-refractivity contribution in [1.29, 1.82) is 5.26 Å². The molecule has 20 heavy (non-hydrogen) atoms. The van der Waals surface area contributed by atoms with Crippen molar-refractivity contribution in [3.8, 4) is 6.07 Å². The van der Waals surface area contributed by atoms with Gasteiger partial charge < -0.3 is 10.1 Å². The Bertz CT molecular complexity index is 574. The summed E-state index contributed by atoms with van der Waals surface area (Å²) in [7, 11) is 1.76. The molecule has 0 spiro atoms. The number of aromatic nitrogens is 1. The molecule has 0 saturated heterocycles. The maximum Gasteiger partial charge on any atom is 0.144 e. The monoisotopic (exact) mass is 271 g/mol. The average molecular weight is 271 g/mol. The Hall–Kier alpha value is -1.60. The highest BCUT2D eigenvalue weighted by atomic mass is 16.5. The van der Waals surface area contributed by atoms with Crippen LogP contribution < -0.4 is 5.32 Å². The summed E-state index contributed by atoms with van der Waals surface area (Å²) in [6, 6.07) is 4.60. The summed E-state index contributed by atoms with van der Waals surface area (Å²) in [4.78, 5) is 4.69. The minimum absolute atomic E-state index is 0.0716. The van der Waals surface area contributed by atoms with Crippen molar-refractivity contribution in [2.75, 3.05) is 12.4 Å². The van der Waals surface area contributed by atoms with Crippen molar-refractivity contribution in [1.82, 2.24) is 4.98 Å². The molecule has 0 radical (unpaired) electrons. The molecule has 0 amide bonds. The Labute approximate surface area is 120 Å². The molecule has 106 valence electrons. The molecule has 2 aliphatic carbocycles. The third kappa shape index (κ3) is 1.97. The van der Waals surface area contributed by atoms with Crippen LogP contribution in [-0.2, 0) is 17.6 Å². The second kappa shape index (κ2) is 4.75. The van der Waals surface area contributed by atoms with E-state index in [4.69, 9.17) is 4.74 Å². The number of hydrogen-bond acceptors (Lipinski definition) is 4. The fraction of sp³-hybridized carbons (Fsp3) is 0.625. The molecule has 1 N–H and O–H groups in total. The first kappa shape index (κ1) is 13.4. The maximum absolute atomic E-state index is 9.33. The molecule has 0 aliphatic heterocycles. The Morgan fingerprint density at radius 3 is 2.90 bits per heavy atom. The molecule has 2 aliphatic rings. The number of hydrogen-bond donors (Lipinski definition) is 1. The Morgan fingerprint density at radius 2 is 2.25 bits per heavy atom. The lowest BCUT2D eigenvalue weighted by Crippen LogP contribution is -2.57. The number of methoxy groups -OCH3 is 1. The number of nitriles is 1. The van der Waals surface area contributed by atoms with Crippen molar-refractivity contribution >= 4 is 5.82 Å². The van der Waals surface area contributed by atoms with Gasteiger partial charge in [0.2, 0.25) is 0 Å². The topological polar surface area (TPSA) is 57.9 Å². The van der Waals surface area contributed by atoms with Crippen LogP contribution in [0.1, 0.15) is 43.5 Å². The zero-order chi connectivity index (χ0) is 14.3. The second-order valence-electron chi connectivity index (χ2n) is 6.43. The van der Waals surface area contributed by atoms with Crippen LogP contribution in [0.25, 0.3) is 0 Å². The number of aryl methyl sites for hydroxylation is 2. The van der Waals surface area contributed by atoms with Gasteiger partial charge in [0.25, 0.3) is 0 Å². The van der Waals surface area contributed by atoms with E-state index in [0.717, 1.165) is 37.2 Å². The predicted octanol–water partition coefficient (Wildman–Crippen LogP) is 2.67. The first-order valence-corrected chi connectivity index (χ1v) is 7.28. The van der Waals surface area contributed by atoms with Gasteiger partial charge in [-0.05, 0) is 37.3 Å². The van der Waals surface area contributed by atoms with E-state index in [1.807, 2.05) is 6.07 Å². The van der Waals surface area contributed by atoms with E-state index < -0.39 is 0 Å². The molecule has 4 heteroatoms. The lowest BCUT2D eigenvalue weighted by atomic mass is 9.64. The summed E-state index contributed by atoms with van der Waals surface area (Å²) >= 11 is 0. The molecule has 2 atom stereocenters. The number of fused-ring (bicyclic) bond motifs is 1. The summed E-state index contributed by atoms with van der Waals surface area (Å²) in [6.07, 6.45) is 4.48. The molecule has 1 fully saturated rings. The van der Waals surface area contributed by atoms with Crippen LogP contribution in [0, 0.1) is 16.7 Å². The van der Waals surface area contributed by atoms with Gasteiger partial charge in [-0.25, -0.2) is 4.98 Å². The van der Waals surface area contributed by atoms with Crippen LogP contribution in [-0.4, -0.2) is 24.2 Å². The van der Waals surface area contributed by atoms with E-state index in [1.54, 1.807) is 7.11 Å². The summed E-state index contributed by atoms with van der Waals surface area (Å²) < 4.78 is 5.47. The van der Waals surface area contributed by atoms with Crippen LogP contribution >= 0.6 is 0 Å². The molecule has 1 aromatic rings. The molecule has 1 aromatic heterocycles. The van der Waals surface area contributed by atoms with Gasteiger partial charge in [0, 0.05) is 24.3 Å². The highest BCUT2D eigenvalue weighted by Crippen LogP contribution is 2.44. The lowest BCUT2D eigenvalue weighted by molar-refractivity contribution is -0.0795. The quantitative estimate of drug-likeness (QED) is 0.918. The fourth-order valence-corrected chi connectivity index (χ4v) is 3.36. The molecular formula is C16H21N3O. The van der Waals surface area contributed by atoms with Gasteiger partial charge in [0.1, 0.15) is 11.9 Å². The second-order valence-corrected chi connectivity index (χ2v) is 6.43. The molecule has 3 rings (SSSR count). The standard InChI is InChI=1S/C16H21N3O/c1-16(2)13(8-14(16)20-3)19-15-11(9-17)7-10-5-4-6-12(10)18-15/h7,13-14H,4-6,8H2,1-3H3,(H,18,19). The summed E-state index contributed by atoms with van der Waals surface area (Å²) in [5.74, 6) is 0.751. The molecular weight excluding hydrogens is 250 g/mol. The van der Waals surface area contributed by atoms with Crippen molar-refractivity contribution in [3.05, 3.63) is 22.9 Å². The number of nitrogens with one attached hydrogen (secondary N) is 1. The molecule has 1 saturated carbocycles. The van der Waals surface area contributed by atoms with Crippen molar-refractivity contribution in [2.45, 2.75) is 51.7 Å². The number of anilines is 1. The van der Waals surface area contributed by atoms with Crippen molar-refractivity contribution in [3.63, 3.8) is 0 Å². The summed E-state index contributed by atoms with van der Waals surface area (Å²) in [5.41, 5.74) is 3.14. The zero-order valence-corrected chi connectivity index (χ0v) is 12.4. The number of ether oxygens (including phenoxy) is 1. The highest BCUT2D eigenvalue weighted by Gasteiger charge is 2.48. The minimum atomic E-state index is 0.0716. The Kier molecular flexibility index (Phi) is 3.18. The number of rotatable bonds is 3. The van der Waals surface area contributed by atoms with Crippen LogP contribution in [0.15, 0.2) is 6.07 Å². The predicted molar refractivity (Wildman–Crippen MR) is 77.6 cm³/mol. The first-order chi connectivity index (χ1) is 9.56. The van der Waals surface area contributed by atoms with Crippen LogP contribution in [0.2, 0.25) is 0 Å². The largest absolute Gasteiger partial charge is 0.381 e. The van der Waals surface area contributed by atoms with Gasteiger partial charge in [-0.2, -0.15) is 5.26 Å². The molecule has 4 nitrogen and oxygen atoms in total. The van der Waals surface area contributed by atoms with Crippen LogP contribution in [0.4, 0.5) is 5.82 Å². The SMILES string of the molecule is COC1CC(Nc2nc3c(cc2C#N)CCC3)C1(C)C. The van der Waals surface area contributed by atoms with E-state index in [2.05, 4.69) is 30.2 Å². The highest BCUT2D eigenvalue weighted by molar-refractivity contribution is 5.56. The van der Waals surface area contributed by atoms with Gasteiger partial charge in [-0.1, -0.05) is 13.8 Å². The zero-order valence-electron chi connectivity index (χ0n) is 12.4. The van der Waals surface area contributed by atoms with Crippen molar-refractivity contribution < 1.29 is 4.74 Å². The average Bonchev–Trinajstić information content (AvgIpc) is 2.88. The van der Waals surface area contributed by atoms with Gasteiger partial charge >= 0.3 is 0 Å². The summed E-state index contributed by atoms with van der Waals surface area (Å²) in [6.45, 7) is 4.39. The Balaban J connectivity index is 1.84. The summed E-state index contributed by atoms with van der Waals surface area (Å²) in [5, 5.41) is 12.8. The van der Waals surface area contributed by atoms with E-state index in [0.29, 0.717) is 11.6 Å². The maximum atomic E-state index is 9.33. The normalized spacial score (nSPS) is 26.5. The first-order valence-electron chi connectivity index (χ1n) is 7.28. The van der Waals surface area contributed by atoms with Crippen LogP contribution in [0.5, 0.6) is 0 Å². The lowest BCUT2D eigenvalue weighted by Gasteiger charge is -2.51. The third-order valence-corrected chi connectivity index (χ3v) is 4.94. The van der Waals surface area contributed by atoms with Gasteiger partial charge in [-0.15, -0.1) is 0 Å².